The number of aryl methyl sites for hydroxylation is 1. The maximum absolute atomic E-state index is 14.6. The lowest BCUT2D eigenvalue weighted by Crippen LogP contribution is -2.56. The van der Waals surface area contributed by atoms with E-state index in [9.17, 15) is 14.4 Å². The van der Waals surface area contributed by atoms with Crippen molar-refractivity contribution in [3.8, 4) is 0 Å². The molecule has 0 bridgehead atoms. The van der Waals surface area contributed by atoms with Crippen LogP contribution in [-0.2, 0) is 41.0 Å². The first kappa shape index (κ1) is 36.8. The van der Waals surface area contributed by atoms with Crippen LogP contribution in [0.2, 0.25) is 13.1 Å². The Hall–Kier alpha value is -4.03. The number of amides is 4. The molecule has 0 saturated heterocycles. The van der Waals surface area contributed by atoms with Gasteiger partial charge in [-0.15, -0.1) is 0 Å². The van der Waals surface area contributed by atoms with Crippen LogP contribution in [0.1, 0.15) is 63.3 Å². The molecule has 3 aromatic rings. The van der Waals surface area contributed by atoms with Gasteiger partial charge in [0, 0.05) is 35.7 Å². The molecule has 10 nitrogen and oxygen atoms in total. The van der Waals surface area contributed by atoms with Crippen LogP contribution in [0.5, 0.6) is 0 Å². The third kappa shape index (κ3) is 8.90. The van der Waals surface area contributed by atoms with E-state index in [1.165, 1.54) is 4.90 Å². The maximum atomic E-state index is 14.6. The third-order valence-electron chi connectivity index (χ3n) is 8.18. The van der Waals surface area contributed by atoms with Crippen molar-refractivity contribution in [3.05, 3.63) is 89.0 Å². The Balaban J connectivity index is 1.72. The molecule has 3 aromatic carbocycles. The highest BCUT2D eigenvalue weighted by molar-refractivity contribution is 6.48. The van der Waals surface area contributed by atoms with Gasteiger partial charge in [0.05, 0.1) is 25.3 Å². The third-order valence-corrected chi connectivity index (χ3v) is 9.01. The zero-order valence-electron chi connectivity index (χ0n) is 29.4. The van der Waals surface area contributed by atoms with E-state index >= 15 is 0 Å². The molecule has 0 fully saturated rings. The summed E-state index contributed by atoms with van der Waals surface area (Å²) in [5.74, 6) is -0.888. The molecule has 1 aliphatic heterocycles. The molecular formula is C37H50N4O6Si. The van der Waals surface area contributed by atoms with Crippen LogP contribution >= 0.6 is 0 Å². The number of urea groups is 1. The molecule has 0 spiro atoms. The van der Waals surface area contributed by atoms with Crippen molar-refractivity contribution in [1.82, 2.24) is 5.32 Å². The predicted molar refractivity (Wildman–Crippen MR) is 193 cm³/mol. The Labute approximate surface area is 286 Å². The molecule has 0 radical (unpaired) electrons. The Morgan fingerprint density at radius 2 is 1.60 bits per heavy atom. The molecule has 3 N–H and O–H groups in total. The summed E-state index contributed by atoms with van der Waals surface area (Å²) in [4.78, 5) is 43.9. The van der Waals surface area contributed by atoms with Crippen molar-refractivity contribution in [3.63, 3.8) is 0 Å². The zero-order chi connectivity index (χ0) is 35.1. The highest BCUT2D eigenvalue weighted by Crippen LogP contribution is 2.43. The average Bonchev–Trinajstić information content (AvgIpc) is 3.23. The highest BCUT2D eigenvalue weighted by atomic mass is 28.3. The number of fused-ring (bicyclic) bond motifs is 1. The van der Waals surface area contributed by atoms with Gasteiger partial charge in [-0.2, -0.15) is 0 Å². The number of hydrogen-bond acceptors (Lipinski definition) is 6. The lowest BCUT2D eigenvalue weighted by Gasteiger charge is -2.31. The van der Waals surface area contributed by atoms with E-state index in [-0.39, 0.29) is 18.4 Å². The lowest BCUT2D eigenvalue weighted by atomic mass is 9.86. The Kier molecular flexibility index (Phi) is 12.2. The molecule has 1 unspecified atom stereocenters. The first-order chi connectivity index (χ1) is 22.8. The van der Waals surface area contributed by atoms with Crippen LogP contribution in [0.15, 0.2) is 66.7 Å². The first-order valence-electron chi connectivity index (χ1n) is 16.6. The molecule has 4 amide bonds. The van der Waals surface area contributed by atoms with Gasteiger partial charge < -0.3 is 34.8 Å². The Morgan fingerprint density at radius 1 is 0.938 bits per heavy atom. The van der Waals surface area contributed by atoms with E-state index in [0.29, 0.717) is 42.4 Å². The molecular weight excluding hydrogens is 625 g/mol. The fourth-order valence-corrected chi connectivity index (χ4v) is 6.22. The normalized spacial score (nSPS) is 16.0. The topological polar surface area (TPSA) is 118 Å². The van der Waals surface area contributed by atoms with E-state index < -0.39 is 38.7 Å². The molecule has 0 aliphatic carbocycles. The summed E-state index contributed by atoms with van der Waals surface area (Å²) in [6, 6.07) is 19.9. The second kappa shape index (κ2) is 15.9. The molecule has 48 heavy (non-hydrogen) atoms. The van der Waals surface area contributed by atoms with Gasteiger partial charge in [0.1, 0.15) is 0 Å². The molecule has 4 rings (SSSR count). The van der Waals surface area contributed by atoms with Crippen molar-refractivity contribution in [2.75, 3.05) is 35.3 Å². The molecule has 0 saturated carbocycles. The second-order valence-corrected chi connectivity index (χ2v) is 15.8. The number of anilines is 3. The van der Waals surface area contributed by atoms with Crippen molar-refractivity contribution in [2.45, 2.75) is 84.9 Å². The van der Waals surface area contributed by atoms with Crippen molar-refractivity contribution in [2.24, 2.45) is 0 Å². The van der Waals surface area contributed by atoms with Crippen molar-refractivity contribution in [1.29, 1.82) is 0 Å². The van der Waals surface area contributed by atoms with Gasteiger partial charge in [-0.3, -0.25) is 9.59 Å². The van der Waals surface area contributed by atoms with E-state index in [4.69, 9.17) is 13.9 Å². The Bertz CT molecular complexity index is 1580. The summed E-state index contributed by atoms with van der Waals surface area (Å²) in [6.07, 6.45) is -1.04. The maximum Gasteiger partial charge on any atom is 0.320 e. The lowest BCUT2D eigenvalue weighted by molar-refractivity contribution is -0.138. The second-order valence-electron chi connectivity index (χ2n) is 13.3. The molecule has 1 aliphatic rings. The van der Waals surface area contributed by atoms with Crippen LogP contribution in [0.25, 0.3) is 0 Å². The number of benzene rings is 3. The van der Waals surface area contributed by atoms with Crippen LogP contribution in [0.4, 0.5) is 21.9 Å². The summed E-state index contributed by atoms with van der Waals surface area (Å²) in [5, 5.41) is 8.84. The van der Waals surface area contributed by atoms with Gasteiger partial charge in [-0.1, -0.05) is 68.8 Å². The van der Waals surface area contributed by atoms with E-state index in [1.807, 2.05) is 51.1 Å². The molecule has 11 heteroatoms. The van der Waals surface area contributed by atoms with E-state index in [1.54, 1.807) is 30.3 Å². The number of hydrogen-bond donors (Lipinski definition) is 3. The van der Waals surface area contributed by atoms with Crippen LogP contribution in [0.3, 0.4) is 0 Å². The SMILES string of the molecule is CCOC(CN1C(=O)C(CC(=O)Nc2ccc(C)cc2)(NC(=O)Nc2ccc(C(C)(C)C)cc2CO[SiH](C)C)c2ccccc21)OCC. The largest absolute Gasteiger partial charge is 0.416 e. The molecule has 258 valence electrons. The van der Waals surface area contributed by atoms with Gasteiger partial charge in [0.2, 0.25) is 5.91 Å². The summed E-state index contributed by atoms with van der Waals surface area (Å²) in [7, 11) is -1.36. The van der Waals surface area contributed by atoms with Crippen LogP contribution < -0.4 is 20.9 Å². The number of para-hydroxylation sites is 1. The number of carbonyl (C=O) groups is 3. The first-order valence-corrected chi connectivity index (χ1v) is 19.4. The summed E-state index contributed by atoms with van der Waals surface area (Å²) >= 11 is 0. The van der Waals surface area contributed by atoms with Gasteiger partial charge in [0.15, 0.2) is 20.9 Å². The fraction of sp³-hybridized carbons (Fsp3) is 0.432. The van der Waals surface area contributed by atoms with Gasteiger partial charge in [-0.05, 0) is 69.1 Å². The van der Waals surface area contributed by atoms with Crippen molar-refractivity contribution >= 4 is 43.9 Å². The van der Waals surface area contributed by atoms with Crippen LogP contribution in [0, 0.1) is 6.92 Å². The van der Waals surface area contributed by atoms with Gasteiger partial charge in [0.25, 0.3) is 5.91 Å². The van der Waals surface area contributed by atoms with E-state index in [0.717, 1.165) is 16.7 Å². The van der Waals surface area contributed by atoms with Crippen LogP contribution in [-0.4, -0.2) is 52.9 Å². The minimum absolute atomic E-state index is 0.0804. The number of nitrogens with one attached hydrogen (secondary N) is 3. The molecule has 1 heterocycles. The monoisotopic (exact) mass is 674 g/mol. The average molecular weight is 675 g/mol. The van der Waals surface area contributed by atoms with Gasteiger partial charge in [-0.25, -0.2) is 4.79 Å². The predicted octanol–water partition coefficient (Wildman–Crippen LogP) is 6.58. The summed E-state index contributed by atoms with van der Waals surface area (Å²) in [5.41, 5.74) is 3.40. The van der Waals surface area contributed by atoms with E-state index in [2.05, 4.69) is 55.9 Å². The zero-order valence-corrected chi connectivity index (χ0v) is 30.6. The minimum atomic E-state index is -1.72. The molecule has 1 atom stereocenters. The standard InChI is InChI=1S/C37H50N4O6Si/c1-9-45-33(46-10-2)23-41-31-14-12-11-13-29(31)37(34(41)43,22-32(42)38-28-18-15-25(3)16-19-28)40-35(44)39-30-20-17-27(36(4,5)6)21-26(30)24-47-48(7)8/h11-21,33,48H,9-10,22-24H2,1-8H3,(H,38,42)(H2,39,40,44). The van der Waals surface area contributed by atoms with Crippen molar-refractivity contribution < 1.29 is 28.3 Å². The Morgan fingerprint density at radius 3 is 2.23 bits per heavy atom. The van der Waals surface area contributed by atoms with Gasteiger partial charge >= 0.3 is 6.03 Å². The summed E-state index contributed by atoms with van der Waals surface area (Å²) in [6.45, 7) is 17.5. The number of rotatable bonds is 14. The summed E-state index contributed by atoms with van der Waals surface area (Å²) < 4.78 is 17.6. The number of carbonyl (C=O) groups excluding carboxylic acids is 3. The highest BCUT2D eigenvalue weighted by Gasteiger charge is 2.53. The number of ether oxygens (including phenoxy) is 2. The molecule has 0 aromatic heterocycles. The number of nitrogens with zero attached hydrogens (tertiary/aromatic N) is 1. The quantitative estimate of drug-likeness (QED) is 0.131. The fourth-order valence-electron chi connectivity index (χ4n) is 5.70. The smallest absolute Gasteiger partial charge is 0.320 e. The minimum Gasteiger partial charge on any atom is -0.416 e.